The van der Waals surface area contributed by atoms with E-state index in [4.69, 9.17) is 10.5 Å². The molecule has 0 aliphatic rings. The number of nitrogen functional groups attached to an aromatic ring is 1. The van der Waals surface area contributed by atoms with Crippen molar-refractivity contribution >= 4 is 33.1 Å². The molecule has 0 unspecified atom stereocenters. The number of halogens is 2. The van der Waals surface area contributed by atoms with Gasteiger partial charge >= 0.3 is 0 Å². The number of hydrogen-bond donors (Lipinski definition) is 2. The molecule has 7 heteroatoms. The highest BCUT2D eigenvalue weighted by Gasteiger charge is 2.14. The summed E-state index contributed by atoms with van der Waals surface area (Å²) in [6.07, 6.45) is 1.24. The van der Waals surface area contributed by atoms with Crippen LogP contribution in [0.15, 0.2) is 29.0 Å². The molecule has 2 rings (SSSR count). The molecule has 0 radical (unpaired) electrons. The second-order valence-electron chi connectivity index (χ2n) is 4.33. The number of para-hydroxylation sites is 1. The van der Waals surface area contributed by atoms with E-state index in [1.807, 2.05) is 13.8 Å². The van der Waals surface area contributed by atoms with Crippen LogP contribution in [0.5, 0.6) is 5.88 Å². The van der Waals surface area contributed by atoms with Crippen LogP contribution < -0.4 is 15.8 Å². The molecule has 1 aromatic heterocycles. The molecule has 0 aliphatic heterocycles. The monoisotopic (exact) mass is 340 g/mol. The standard InChI is InChI=1S/C13H14BrFN4O/c1-7(2)20-13-10(16)12(17-6-18-13)19-11-8(14)4-3-5-9(11)15/h3-7H,16H2,1-2H3,(H,17,18,19). The van der Waals surface area contributed by atoms with Gasteiger partial charge in [0.15, 0.2) is 5.82 Å². The first kappa shape index (κ1) is 14.5. The van der Waals surface area contributed by atoms with Crippen LogP contribution >= 0.6 is 15.9 Å². The minimum atomic E-state index is -0.413. The average Bonchev–Trinajstić information content (AvgIpc) is 2.37. The van der Waals surface area contributed by atoms with Gasteiger partial charge in [0.2, 0.25) is 5.88 Å². The molecule has 20 heavy (non-hydrogen) atoms. The molecule has 0 aliphatic carbocycles. The van der Waals surface area contributed by atoms with Crippen molar-refractivity contribution in [3.8, 4) is 5.88 Å². The van der Waals surface area contributed by atoms with E-state index < -0.39 is 5.82 Å². The predicted octanol–water partition coefficient (Wildman–Crippen LogP) is 3.49. The summed E-state index contributed by atoms with van der Waals surface area (Å²) in [6.45, 7) is 3.73. The van der Waals surface area contributed by atoms with E-state index in [2.05, 4.69) is 31.2 Å². The number of aromatic nitrogens is 2. The van der Waals surface area contributed by atoms with Gasteiger partial charge in [0.05, 0.1) is 11.8 Å². The van der Waals surface area contributed by atoms with Gasteiger partial charge in [-0.25, -0.2) is 9.37 Å². The number of rotatable bonds is 4. The molecule has 0 bridgehead atoms. The van der Waals surface area contributed by atoms with Crippen molar-refractivity contribution in [2.45, 2.75) is 20.0 Å². The van der Waals surface area contributed by atoms with Gasteiger partial charge < -0.3 is 15.8 Å². The van der Waals surface area contributed by atoms with E-state index in [0.29, 0.717) is 10.3 Å². The summed E-state index contributed by atoms with van der Waals surface area (Å²) in [4.78, 5) is 7.97. The SMILES string of the molecule is CC(C)Oc1ncnc(Nc2c(F)cccc2Br)c1N. The number of ether oxygens (including phenoxy) is 1. The Labute approximate surface area is 124 Å². The van der Waals surface area contributed by atoms with Gasteiger partial charge in [-0.05, 0) is 41.9 Å². The van der Waals surface area contributed by atoms with E-state index in [9.17, 15) is 4.39 Å². The molecule has 1 aromatic carbocycles. The summed E-state index contributed by atoms with van der Waals surface area (Å²) in [5, 5.41) is 2.84. The fourth-order valence-corrected chi connectivity index (χ4v) is 1.97. The summed E-state index contributed by atoms with van der Waals surface area (Å²) >= 11 is 3.27. The van der Waals surface area contributed by atoms with Crippen LogP contribution in [0.1, 0.15) is 13.8 Å². The number of nitrogens with two attached hydrogens (primary N) is 1. The van der Waals surface area contributed by atoms with Crippen LogP contribution in [0.3, 0.4) is 0 Å². The first-order valence-electron chi connectivity index (χ1n) is 5.97. The Morgan fingerprint density at radius 1 is 1.35 bits per heavy atom. The molecule has 0 amide bonds. The normalized spacial score (nSPS) is 10.7. The Balaban J connectivity index is 2.35. The van der Waals surface area contributed by atoms with E-state index >= 15 is 0 Å². The molecule has 0 spiro atoms. The van der Waals surface area contributed by atoms with E-state index in [0.717, 1.165) is 0 Å². The molecular weight excluding hydrogens is 327 g/mol. The first-order chi connectivity index (χ1) is 9.49. The Kier molecular flexibility index (Phi) is 4.39. The quantitative estimate of drug-likeness (QED) is 0.891. The second-order valence-corrected chi connectivity index (χ2v) is 5.18. The molecule has 0 saturated carbocycles. The molecule has 0 fully saturated rings. The van der Waals surface area contributed by atoms with Crippen molar-refractivity contribution in [1.82, 2.24) is 9.97 Å². The van der Waals surface area contributed by atoms with Gasteiger partial charge in [0, 0.05) is 4.47 Å². The predicted molar refractivity (Wildman–Crippen MR) is 79.6 cm³/mol. The maximum absolute atomic E-state index is 13.8. The van der Waals surface area contributed by atoms with Crippen molar-refractivity contribution in [2.24, 2.45) is 0 Å². The smallest absolute Gasteiger partial charge is 0.242 e. The molecule has 0 saturated heterocycles. The van der Waals surface area contributed by atoms with Crippen LogP contribution in [0.25, 0.3) is 0 Å². The molecule has 5 nitrogen and oxygen atoms in total. The molecule has 1 heterocycles. The lowest BCUT2D eigenvalue weighted by atomic mass is 10.3. The number of hydrogen-bond acceptors (Lipinski definition) is 5. The fourth-order valence-electron chi connectivity index (χ4n) is 1.53. The summed E-state index contributed by atoms with van der Waals surface area (Å²) < 4.78 is 19.8. The zero-order chi connectivity index (χ0) is 14.7. The van der Waals surface area contributed by atoms with Crippen LogP contribution in [-0.4, -0.2) is 16.1 Å². The van der Waals surface area contributed by atoms with Gasteiger partial charge in [-0.1, -0.05) is 6.07 Å². The topological polar surface area (TPSA) is 73.1 Å². The lowest BCUT2D eigenvalue weighted by molar-refractivity contribution is 0.234. The van der Waals surface area contributed by atoms with Crippen LogP contribution in [0.2, 0.25) is 0 Å². The summed E-state index contributed by atoms with van der Waals surface area (Å²) in [7, 11) is 0. The summed E-state index contributed by atoms with van der Waals surface area (Å²) in [5.41, 5.74) is 6.42. The fraction of sp³-hybridized carbons (Fsp3) is 0.231. The molecule has 2 aromatic rings. The van der Waals surface area contributed by atoms with Gasteiger partial charge in [0.1, 0.15) is 17.8 Å². The largest absolute Gasteiger partial charge is 0.473 e. The van der Waals surface area contributed by atoms with Crippen molar-refractivity contribution in [1.29, 1.82) is 0 Å². The van der Waals surface area contributed by atoms with Crippen molar-refractivity contribution in [2.75, 3.05) is 11.1 Å². The number of anilines is 3. The number of benzene rings is 1. The maximum Gasteiger partial charge on any atom is 0.242 e. The highest BCUT2D eigenvalue weighted by atomic mass is 79.9. The van der Waals surface area contributed by atoms with Crippen molar-refractivity contribution < 1.29 is 9.13 Å². The number of nitrogens with zero attached hydrogens (tertiary/aromatic N) is 2. The molecule has 0 atom stereocenters. The third-order valence-corrected chi connectivity index (χ3v) is 3.06. The number of nitrogens with one attached hydrogen (secondary N) is 1. The zero-order valence-electron chi connectivity index (χ0n) is 11.0. The Morgan fingerprint density at radius 3 is 2.75 bits per heavy atom. The van der Waals surface area contributed by atoms with E-state index in [1.54, 1.807) is 12.1 Å². The van der Waals surface area contributed by atoms with Crippen LogP contribution in [0, 0.1) is 5.82 Å². The van der Waals surface area contributed by atoms with Crippen LogP contribution in [-0.2, 0) is 0 Å². The average molecular weight is 341 g/mol. The highest BCUT2D eigenvalue weighted by Crippen LogP contribution is 2.32. The van der Waals surface area contributed by atoms with Gasteiger partial charge in [-0.3, -0.25) is 0 Å². The van der Waals surface area contributed by atoms with E-state index in [1.165, 1.54) is 12.4 Å². The Bertz CT molecular complexity index is 601. The molecule has 3 N–H and O–H groups in total. The third-order valence-electron chi connectivity index (χ3n) is 2.40. The molecular formula is C13H14BrFN4O. The van der Waals surface area contributed by atoms with Crippen molar-refractivity contribution in [3.05, 3.63) is 34.8 Å². The van der Waals surface area contributed by atoms with Crippen molar-refractivity contribution in [3.63, 3.8) is 0 Å². The highest BCUT2D eigenvalue weighted by molar-refractivity contribution is 9.10. The Morgan fingerprint density at radius 2 is 2.10 bits per heavy atom. The minimum absolute atomic E-state index is 0.0692. The first-order valence-corrected chi connectivity index (χ1v) is 6.76. The second kappa shape index (κ2) is 6.04. The summed E-state index contributed by atoms with van der Waals surface area (Å²) in [6, 6.07) is 4.66. The summed E-state index contributed by atoms with van der Waals surface area (Å²) in [5.74, 6) is 0.148. The minimum Gasteiger partial charge on any atom is -0.473 e. The van der Waals surface area contributed by atoms with Gasteiger partial charge in [-0.15, -0.1) is 0 Å². The maximum atomic E-state index is 13.8. The van der Waals surface area contributed by atoms with Crippen LogP contribution in [0.4, 0.5) is 21.6 Å². The van der Waals surface area contributed by atoms with Gasteiger partial charge in [0.25, 0.3) is 0 Å². The lowest BCUT2D eigenvalue weighted by Crippen LogP contribution is -2.11. The van der Waals surface area contributed by atoms with E-state index in [-0.39, 0.29) is 23.4 Å². The third kappa shape index (κ3) is 3.16. The Hall–Kier alpha value is -1.89. The van der Waals surface area contributed by atoms with Gasteiger partial charge in [-0.2, -0.15) is 4.98 Å². The lowest BCUT2D eigenvalue weighted by Gasteiger charge is -2.14. The molecule has 106 valence electrons. The zero-order valence-corrected chi connectivity index (χ0v) is 12.6.